The average molecular weight is 265 g/mol. The Morgan fingerprint density at radius 3 is 2.84 bits per heavy atom. The molecule has 0 unspecified atom stereocenters. The molecule has 102 valence electrons. The van der Waals surface area contributed by atoms with Crippen molar-refractivity contribution in [3.05, 3.63) is 35.1 Å². The van der Waals surface area contributed by atoms with Crippen LogP contribution in [-0.4, -0.2) is 28.4 Å². The first-order valence-electron chi connectivity index (χ1n) is 6.37. The Labute approximate surface area is 110 Å². The van der Waals surface area contributed by atoms with Gasteiger partial charge in [0.15, 0.2) is 0 Å². The standard InChI is InChI=1S/C14H16FNO3/c15-12-6-5-10(14(18)19)8-11(12)9-16-7-3-1-2-4-13(16)17/h5-6,8H,1-4,7,9H2,(H,18,19). The maximum atomic E-state index is 13.7. The van der Waals surface area contributed by atoms with E-state index in [1.54, 1.807) is 4.90 Å². The molecule has 0 aliphatic carbocycles. The summed E-state index contributed by atoms with van der Waals surface area (Å²) < 4.78 is 13.7. The van der Waals surface area contributed by atoms with Gasteiger partial charge in [0, 0.05) is 25.1 Å². The van der Waals surface area contributed by atoms with Crippen LogP contribution < -0.4 is 0 Å². The Balaban J connectivity index is 2.19. The minimum atomic E-state index is -1.09. The predicted octanol–water partition coefficient (Wildman–Crippen LogP) is 2.43. The molecule has 2 rings (SSSR count). The summed E-state index contributed by atoms with van der Waals surface area (Å²) in [7, 11) is 0. The van der Waals surface area contributed by atoms with Gasteiger partial charge in [-0.3, -0.25) is 4.79 Å². The van der Waals surface area contributed by atoms with Crippen LogP contribution in [0.5, 0.6) is 0 Å². The van der Waals surface area contributed by atoms with Crippen molar-refractivity contribution in [3.63, 3.8) is 0 Å². The summed E-state index contributed by atoms with van der Waals surface area (Å²) in [5, 5.41) is 8.90. The molecule has 1 saturated heterocycles. The molecule has 0 saturated carbocycles. The largest absolute Gasteiger partial charge is 0.478 e. The van der Waals surface area contributed by atoms with E-state index in [1.807, 2.05) is 0 Å². The summed E-state index contributed by atoms with van der Waals surface area (Å²) in [5.74, 6) is -1.55. The minimum absolute atomic E-state index is 0.0117. The lowest BCUT2D eigenvalue weighted by Gasteiger charge is -2.21. The molecule has 19 heavy (non-hydrogen) atoms. The van der Waals surface area contributed by atoms with E-state index in [2.05, 4.69) is 0 Å². The summed E-state index contributed by atoms with van der Waals surface area (Å²) in [6.45, 7) is 0.751. The fraction of sp³-hybridized carbons (Fsp3) is 0.429. The van der Waals surface area contributed by atoms with E-state index in [9.17, 15) is 14.0 Å². The van der Waals surface area contributed by atoms with Gasteiger partial charge in [-0.2, -0.15) is 0 Å². The smallest absolute Gasteiger partial charge is 0.335 e. The first kappa shape index (κ1) is 13.5. The number of amides is 1. The number of carbonyl (C=O) groups excluding carboxylic acids is 1. The molecule has 1 heterocycles. The number of rotatable bonds is 3. The van der Waals surface area contributed by atoms with Gasteiger partial charge < -0.3 is 10.0 Å². The van der Waals surface area contributed by atoms with Gasteiger partial charge in [-0.25, -0.2) is 9.18 Å². The van der Waals surface area contributed by atoms with Crippen molar-refractivity contribution >= 4 is 11.9 Å². The lowest BCUT2D eigenvalue weighted by atomic mass is 10.1. The highest BCUT2D eigenvalue weighted by Gasteiger charge is 2.18. The number of carboxylic acid groups (broad SMARTS) is 1. The maximum Gasteiger partial charge on any atom is 0.335 e. The number of hydrogen-bond donors (Lipinski definition) is 1. The lowest BCUT2D eigenvalue weighted by Crippen LogP contribution is -2.30. The van der Waals surface area contributed by atoms with Crippen molar-refractivity contribution in [1.82, 2.24) is 4.90 Å². The highest BCUT2D eigenvalue weighted by molar-refractivity contribution is 5.87. The zero-order valence-electron chi connectivity index (χ0n) is 10.6. The second-order valence-electron chi connectivity index (χ2n) is 4.74. The monoisotopic (exact) mass is 265 g/mol. The van der Waals surface area contributed by atoms with E-state index < -0.39 is 11.8 Å². The Bertz CT molecular complexity index is 501. The van der Waals surface area contributed by atoms with Crippen LogP contribution in [-0.2, 0) is 11.3 Å². The highest BCUT2D eigenvalue weighted by Crippen LogP contribution is 2.17. The molecule has 5 heteroatoms. The van der Waals surface area contributed by atoms with Gasteiger partial charge >= 0.3 is 5.97 Å². The zero-order chi connectivity index (χ0) is 13.8. The Hall–Kier alpha value is -1.91. The first-order chi connectivity index (χ1) is 9.08. The normalized spacial score (nSPS) is 16.3. The van der Waals surface area contributed by atoms with E-state index in [-0.39, 0.29) is 23.6 Å². The summed E-state index contributed by atoms with van der Waals surface area (Å²) in [4.78, 5) is 24.3. The molecular formula is C14H16FNO3. The van der Waals surface area contributed by atoms with E-state index >= 15 is 0 Å². The third-order valence-electron chi connectivity index (χ3n) is 3.33. The number of aromatic carboxylic acids is 1. The fourth-order valence-corrected chi connectivity index (χ4v) is 2.24. The van der Waals surface area contributed by atoms with Crippen molar-refractivity contribution < 1.29 is 19.1 Å². The van der Waals surface area contributed by atoms with Crippen molar-refractivity contribution in [2.45, 2.75) is 32.2 Å². The average Bonchev–Trinajstić information content (AvgIpc) is 2.57. The van der Waals surface area contributed by atoms with E-state index in [1.165, 1.54) is 12.1 Å². The minimum Gasteiger partial charge on any atom is -0.478 e. The summed E-state index contributed by atoms with van der Waals surface area (Å²) in [6, 6.07) is 3.67. The number of halogens is 1. The first-order valence-corrected chi connectivity index (χ1v) is 6.37. The van der Waals surface area contributed by atoms with Crippen molar-refractivity contribution in [2.24, 2.45) is 0 Å². The third kappa shape index (κ3) is 3.30. The Morgan fingerprint density at radius 1 is 1.32 bits per heavy atom. The van der Waals surface area contributed by atoms with Crippen LogP contribution in [0.15, 0.2) is 18.2 Å². The van der Waals surface area contributed by atoms with Crippen molar-refractivity contribution in [3.8, 4) is 0 Å². The molecule has 1 N–H and O–H groups in total. The predicted molar refractivity (Wildman–Crippen MR) is 67.2 cm³/mol. The van der Waals surface area contributed by atoms with Gasteiger partial charge in [-0.15, -0.1) is 0 Å². The molecule has 1 amide bonds. The summed E-state index contributed by atoms with van der Waals surface area (Å²) in [5.41, 5.74) is 0.300. The number of hydrogen-bond acceptors (Lipinski definition) is 2. The molecule has 1 aliphatic rings. The van der Waals surface area contributed by atoms with Gasteiger partial charge in [-0.1, -0.05) is 6.42 Å². The number of likely N-dealkylation sites (tertiary alicyclic amines) is 1. The fourth-order valence-electron chi connectivity index (χ4n) is 2.24. The van der Waals surface area contributed by atoms with Crippen LogP contribution in [0.2, 0.25) is 0 Å². The highest BCUT2D eigenvalue weighted by atomic mass is 19.1. The van der Waals surface area contributed by atoms with Crippen LogP contribution in [0.4, 0.5) is 4.39 Å². The number of benzene rings is 1. The van der Waals surface area contributed by atoms with Gasteiger partial charge in [0.25, 0.3) is 0 Å². The molecule has 0 spiro atoms. The topological polar surface area (TPSA) is 57.6 Å². The summed E-state index contributed by atoms with van der Waals surface area (Å²) >= 11 is 0. The molecule has 1 aromatic carbocycles. The summed E-state index contributed by atoms with van der Waals surface area (Å²) in [6.07, 6.45) is 3.26. The van der Waals surface area contributed by atoms with E-state index in [4.69, 9.17) is 5.11 Å². The van der Waals surface area contributed by atoms with Gasteiger partial charge in [0.2, 0.25) is 5.91 Å². The van der Waals surface area contributed by atoms with Gasteiger partial charge in [0.05, 0.1) is 5.56 Å². The molecule has 0 aromatic heterocycles. The van der Waals surface area contributed by atoms with Crippen molar-refractivity contribution in [1.29, 1.82) is 0 Å². The second kappa shape index (κ2) is 5.82. The van der Waals surface area contributed by atoms with Gasteiger partial charge in [-0.05, 0) is 31.0 Å². The van der Waals surface area contributed by atoms with Crippen LogP contribution in [0.3, 0.4) is 0 Å². The molecule has 1 aliphatic heterocycles. The molecule has 4 nitrogen and oxygen atoms in total. The zero-order valence-corrected chi connectivity index (χ0v) is 10.6. The quantitative estimate of drug-likeness (QED) is 0.913. The number of nitrogens with zero attached hydrogens (tertiary/aromatic N) is 1. The van der Waals surface area contributed by atoms with Crippen LogP contribution in [0.1, 0.15) is 41.6 Å². The molecule has 0 bridgehead atoms. The Morgan fingerprint density at radius 2 is 2.11 bits per heavy atom. The molecule has 0 atom stereocenters. The second-order valence-corrected chi connectivity index (χ2v) is 4.74. The third-order valence-corrected chi connectivity index (χ3v) is 3.33. The van der Waals surface area contributed by atoms with E-state index in [0.29, 0.717) is 13.0 Å². The Kier molecular flexibility index (Phi) is 4.14. The molecule has 1 aromatic rings. The van der Waals surface area contributed by atoms with E-state index in [0.717, 1.165) is 25.3 Å². The van der Waals surface area contributed by atoms with Crippen molar-refractivity contribution in [2.75, 3.05) is 6.54 Å². The van der Waals surface area contributed by atoms with Gasteiger partial charge in [0.1, 0.15) is 5.82 Å². The molecule has 0 radical (unpaired) electrons. The van der Waals surface area contributed by atoms with Crippen LogP contribution in [0.25, 0.3) is 0 Å². The van der Waals surface area contributed by atoms with Crippen LogP contribution in [0, 0.1) is 5.82 Å². The number of carboxylic acids is 1. The lowest BCUT2D eigenvalue weighted by molar-refractivity contribution is -0.131. The number of carbonyl (C=O) groups is 2. The SMILES string of the molecule is O=C(O)c1ccc(F)c(CN2CCCCCC2=O)c1. The van der Waals surface area contributed by atoms with Crippen LogP contribution >= 0.6 is 0 Å². The maximum absolute atomic E-state index is 13.7. The molecule has 1 fully saturated rings. The molecular weight excluding hydrogens is 249 g/mol.